The molecule has 0 bridgehead atoms. The Hall–Kier alpha value is -2.76. The van der Waals surface area contributed by atoms with Crippen LogP contribution in [0.25, 0.3) is 27.7 Å². The maximum absolute atomic E-state index is 13.9. The number of aryl methyl sites for hydroxylation is 1. The molecule has 106 valence electrons. The lowest BCUT2D eigenvalue weighted by atomic mass is 10.1. The minimum absolute atomic E-state index is 0.0396. The number of hydrogen-bond acceptors (Lipinski definition) is 4. The van der Waals surface area contributed by atoms with Crippen LogP contribution in [0.2, 0.25) is 0 Å². The second kappa shape index (κ2) is 4.66. The SMILES string of the molecule is C=C(C)c1c2cc(-c3nc(N)ncc3F)ccc2nn1C. The van der Waals surface area contributed by atoms with Crippen molar-refractivity contribution in [3.05, 3.63) is 42.5 Å². The van der Waals surface area contributed by atoms with Crippen molar-refractivity contribution in [3.8, 4) is 11.3 Å². The molecule has 0 atom stereocenters. The number of hydrogen-bond donors (Lipinski definition) is 1. The highest BCUT2D eigenvalue weighted by Crippen LogP contribution is 2.29. The van der Waals surface area contributed by atoms with Crippen molar-refractivity contribution < 1.29 is 4.39 Å². The van der Waals surface area contributed by atoms with Gasteiger partial charge < -0.3 is 5.73 Å². The van der Waals surface area contributed by atoms with E-state index in [1.165, 1.54) is 0 Å². The van der Waals surface area contributed by atoms with E-state index < -0.39 is 5.82 Å². The third kappa shape index (κ3) is 2.14. The third-order valence-electron chi connectivity index (χ3n) is 3.27. The van der Waals surface area contributed by atoms with E-state index >= 15 is 0 Å². The minimum Gasteiger partial charge on any atom is -0.368 e. The van der Waals surface area contributed by atoms with E-state index in [9.17, 15) is 4.39 Å². The first kappa shape index (κ1) is 13.2. The molecule has 2 aromatic heterocycles. The van der Waals surface area contributed by atoms with E-state index in [2.05, 4.69) is 21.6 Å². The van der Waals surface area contributed by atoms with Crippen molar-refractivity contribution in [1.29, 1.82) is 0 Å². The minimum atomic E-state index is -0.510. The Morgan fingerprint density at radius 3 is 2.86 bits per heavy atom. The Morgan fingerprint density at radius 2 is 2.14 bits per heavy atom. The molecular weight excluding hydrogens is 269 g/mol. The number of anilines is 1. The molecule has 0 saturated heterocycles. The second-order valence-electron chi connectivity index (χ2n) is 4.91. The maximum Gasteiger partial charge on any atom is 0.220 e. The van der Waals surface area contributed by atoms with Crippen molar-refractivity contribution >= 4 is 22.4 Å². The lowest BCUT2D eigenvalue weighted by molar-refractivity contribution is 0.619. The largest absolute Gasteiger partial charge is 0.368 e. The van der Waals surface area contributed by atoms with Gasteiger partial charge in [0, 0.05) is 18.0 Å². The fourth-order valence-corrected chi connectivity index (χ4v) is 2.44. The van der Waals surface area contributed by atoms with Crippen LogP contribution in [0.4, 0.5) is 10.3 Å². The van der Waals surface area contributed by atoms with Gasteiger partial charge in [-0.25, -0.2) is 14.4 Å². The molecule has 0 aliphatic rings. The summed E-state index contributed by atoms with van der Waals surface area (Å²) < 4.78 is 15.7. The number of allylic oxidation sites excluding steroid dienone is 1. The molecule has 0 unspecified atom stereocenters. The van der Waals surface area contributed by atoms with E-state index in [-0.39, 0.29) is 11.6 Å². The van der Waals surface area contributed by atoms with Crippen molar-refractivity contribution in [2.24, 2.45) is 7.05 Å². The van der Waals surface area contributed by atoms with Crippen LogP contribution >= 0.6 is 0 Å². The summed E-state index contributed by atoms with van der Waals surface area (Å²) in [6.07, 6.45) is 1.07. The fraction of sp³-hybridized carbons (Fsp3) is 0.133. The van der Waals surface area contributed by atoms with Gasteiger partial charge >= 0.3 is 0 Å². The molecule has 1 aromatic carbocycles. The van der Waals surface area contributed by atoms with Gasteiger partial charge in [-0.2, -0.15) is 5.10 Å². The molecule has 5 nitrogen and oxygen atoms in total. The monoisotopic (exact) mass is 283 g/mol. The Labute approximate surface area is 120 Å². The number of halogens is 1. The third-order valence-corrected chi connectivity index (χ3v) is 3.27. The summed E-state index contributed by atoms with van der Waals surface area (Å²) in [6.45, 7) is 5.87. The van der Waals surface area contributed by atoms with Crippen LogP contribution in [0.1, 0.15) is 12.6 Å². The summed E-state index contributed by atoms with van der Waals surface area (Å²) in [4.78, 5) is 7.61. The number of aromatic nitrogens is 4. The van der Waals surface area contributed by atoms with Gasteiger partial charge in [0.2, 0.25) is 5.95 Å². The summed E-state index contributed by atoms with van der Waals surface area (Å²) in [6, 6.07) is 5.44. The number of rotatable bonds is 2. The highest BCUT2D eigenvalue weighted by molar-refractivity contribution is 5.92. The maximum atomic E-state index is 13.9. The average molecular weight is 283 g/mol. The molecule has 0 aliphatic carbocycles. The van der Waals surface area contributed by atoms with Crippen LogP contribution in [0, 0.1) is 5.82 Å². The molecule has 3 rings (SSSR count). The first-order chi connectivity index (χ1) is 9.97. The summed E-state index contributed by atoms with van der Waals surface area (Å²) >= 11 is 0. The zero-order chi connectivity index (χ0) is 15.1. The van der Waals surface area contributed by atoms with E-state index in [1.54, 1.807) is 10.7 Å². The summed E-state index contributed by atoms with van der Waals surface area (Å²) in [5.74, 6) is -0.470. The van der Waals surface area contributed by atoms with Gasteiger partial charge in [-0.3, -0.25) is 4.68 Å². The zero-order valence-electron chi connectivity index (χ0n) is 11.8. The van der Waals surface area contributed by atoms with Crippen molar-refractivity contribution in [2.45, 2.75) is 6.92 Å². The van der Waals surface area contributed by atoms with Crippen LogP contribution in [-0.4, -0.2) is 19.7 Å². The van der Waals surface area contributed by atoms with E-state index in [1.807, 2.05) is 26.1 Å². The Balaban J connectivity index is 2.28. The Kier molecular flexibility index (Phi) is 2.94. The molecule has 0 radical (unpaired) electrons. The zero-order valence-corrected chi connectivity index (χ0v) is 11.8. The quantitative estimate of drug-likeness (QED) is 0.785. The Bertz CT molecular complexity index is 866. The van der Waals surface area contributed by atoms with Gasteiger partial charge in [0.25, 0.3) is 0 Å². The number of benzene rings is 1. The highest BCUT2D eigenvalue weighted by Gasteiger charge is 2.13. The number of nitrogens with zero attached hydrogens (tertiary/aromatic N) is 4. The summed E-state index contributed by atoms with van der Waals surface area (Å²) in [5.41, 5.74) is 8.97. The smallest absolute Gasteiger partial charge is 0.220 e. The first-order valence-electron chi connectivity index (χ1n) is 6.38. The van der Waals surface area contributed by atoms with Gasteiger partial charge in [-0.05, 0) is 24.6 Å². The number of fused-ring (bicyclic) bond motifs is 1. The van der Waals surface area contributed by atoms with E-state index in [4.69, 9.17) is 5.73 Å². The Morgan fingerprint density at radius 1 is 1.38 bits per heavy atom. The average Bonchev–Trinajstić information content (AvgIpc) is 2.76. The van der Waals surface area contributed by atoms with Gasteiger partial charge in [-0.1, -0.05) is 12.6 Å². The van der Waals surface area contributed by atoms with Gasteiger partial charge in [0.05, 0.1) is 17.4 Å². The summed E-state index contributed by atoms with van der Waals surface area (Å²) in [7, 11) is 1.85. The molecule has 0 amide bonds. The van der Waals surface area contributed by atoms with Crippen molar-refractivity contribution in [2.75, 3.05) is 5.73 Å². The molecule has 0 fully saturated rings. The van der Waals surface area contributed by atoms with Gasteiger partial charge in [-0.15, -0.1) is 0 Å². The normalized spacial score (nSPS) is 11.0. The molecule has 2 N–H and O–H groups in total. The molecule has 3 aromatic rings. The van der Waals surface area contributed by atoms with Crippen LogP contribution in [0.15, 0.2) is 31.0 Å². The standard InChI is InChI=1S/C15H14FN5/c1-8(2)14-10-6-9(4-5-12(10)20-21(14)3)13-11(16)7-18-15(17)19-13/h4-7H,1H2,2-3H3,(H2,17,18,19). The van der Waals surface area contributed by atoms with Crippen molar-refractivity contribution in [1.82, 2.24) is 19.7 Å². The topological polar surface area (TPSA) is 69.6 Å². The highest BCUT2D eigenvalue weighted by atomic mass is 19.1. The van der Waals surface area contributed by atoms with Crippen LogP contribution in [0.3, 0.4) is 0 Å². The summed E-state index contributed by atoms with van der Waals surface area (Å²) in [5, 5.41) is 5.32. The number of nitrogen functional groups attached to an aromatic ring is 1. The molecule has 21 heavy (non-hydrogen) atoms. The van der Waals surface area contributed by atoms with Crippen LogP contribution in [-0.2, 0) is 7.05 Å². The van der Waals surface area contributed by atoms with E-state index in [0.717, 1.165) is 28.4 Å². The predicted octanol–water partition coefficient (Wildman–Crippen LogP) is 2.78. The second-order valence-corrected chi connectivity index (χ2v) is 4.91. The van der Waals surface area contributed by atoms with Crippen molar-refractivity contribution in [3.63, 3.8) is 0 Å². The van der Waals surface area contributed by atoms with Gasteiger partial charge in [0.1, 0.15) is 5.69 Å². The molecule has 0 saturated carbocycles. The van der Waals surface area contributed by atoms with Crippen LogP contribution in [0.5, 0.6) is 0 Å². The molecular formula is C15H14FN5. The van der Waals surface area contributed by atoms with Crippen LogP contribution < -0.4 is 5.73 Å². The fourth-order valence-electron chi connectivity index (χ4n) is 2.44. The predicted molar refractivity (Wildman–Crippen MR) is 80.8 cm³/mol. The van der Waals surface area contributed by atoms with Gasteiger partial charge in [0.15, 0.2) is 5.82 Å². The lowest BCUT2D eigenvalue weighted by Crippen LogP contribution is -1.98. The lowest BCUT2D eigenvalue weighted by Gasteiger charge is -2.04. The molecule has 2 heterocycles. The van der Waals surface area contributed by atoms with E-state index in [0.29, 0.717) is 5.56 Å². The molecule has 0 spiro atoms. The molecule has 0 aliphatic heterocycles. The molecule has 6 heteroatoms. The number of nitrogens with two attached hydrogens (primary N) is 1. The first-order valence-corrected chi connectivity index (χ1v) is 6.38.